The summed E-state index contributed by atoms with van der Waals surface area (Å²) in [7, 11) is 8.60. The third kappa shape index (κ3) is 3.87. The summed E-state index contributed by atoms with van der Waals surface area (Å²) in [5.41, 5.74) is 9.29. The molecule has 0 radical (unpaired) electrons. The average Bonchev–Trinajstić information content (AvgIpc) is 3.25. The van der Waals surface area contributed by atoms with E-state index in [2.05, 4.69) is 5.32 Å². The van der Waals surface area contributed by atoms with E-state index in [0.717, 1.165) is 11.3 Å². The van der Waals surface area contributed by atoms with Crippen LogP contribution < -0.4 is 30.2 Å². The molecule has 2 heterocycles. The van der Waals surface area contributed by atoms with Gasteiger partial charge in [-0.2, -0.15) is 4.98 Å². The maximum atomic E-state index is 12.6. The van der Waals surface area contributed by atoms with Crippen molar-refractivity contribution in [3.8, 4) is 28.6 Å². The van der Waals surface area contributed by atoms with Gasteiger partial charge in [0.1, 0.15) is 11.8 Å². The Morgan fingerprint density at radius 2 is 1.65 bits per heavy atom. The Balaban J connectivity index is 1.90. The lowest BCUT2D eigenvalue weighted by Crippen LogP contribution is -2.32. The molecule has 0 spiro atoms. The van der Waals surface area contributed by atoms with Crippen LogP contribution in [0.15, 0.2) is 47.7 Å². The van der Waals surface area contributed by atoms with Crippen molar-refractivity contribution in [3.63, 3.8) is 0 Å². The predicted octanol–water partition coefficient (Wildman–Crippen LogP) is 2.81. The average molecular weight is 465 g/mol. The lowest BCUT2D eigenvalue weighted by molar-refractivity contribution is -0.115. The molecule has 10 nitrogen and oxygen atoms in total. The van der Waals surface area contributed by atoms with Gasteiger partial charge in [0.15, 0.2) is 17.3 Å². The predicted molar refractivity (Wildman–Crippen MR) is 130 cm³/mol. The van der Waals surface area contributed by atoms with Crippen LogP contribution in [0.5, 0.6) is 17.2 Å². The fourth-order valence-electron chi connectivity index (χ4n) is 4.06. The van der Waals surface area contributed by atoms with Crippen LogP contribution >= 0.6 is 0 Å². The molecule has 0 saturated carbocycles. The fourth-order valence-corrected chi connectivity index (χ4v) is 4.06. The number of benzene rings is 2. The van der Waals surface area contributed by atoms with Crippen molar-refractivity contribution in [2.24, 2.45) is 5.73 Å². The Kier molecular flexibility index (Phi) is 6.06. The number of hydrogen-bond acceptors (Lipinski definition) is 8. The molecule has 4 rings (SSSR count). The number of allylic oxidation sites excluding steroid dienone is 1. The third-order valence-corrected chi connectivity index (χ3v) is 5.79. The molecular formula is C24H28N6O4. The number of ether oxygens (including phenoxy) is 3. The van der Waals surface area contributed by atoms with Gasteiger partial charge in [0.25, 0.3) is 0 Å². The number of nitrogens with two attached hydrogens (primary N) is 1. The molecule has 1 aliphatic heterocycles. The second-order valence-corrected chi connectivity index (χ2v) is 8.02. The van der Waals surface area contributed by atoms with Gasteiger partial charge in [-0.25, -0.2) is 4.68 Å². The molecule has 10 heteroatoms. The molecule has 0 bridgehead atoms. The Labute approximate surface area is 197 Å². The van der Waals surface area contributed by atoms with E-state index in [1.54, 1.807) is 45.1 Å². The molecule has 1 aliphatic rings. The van der Waals surface area contributed by atoms with Crippen molar-refractivity contribution in [1.29, 1.82) is 0 Å². The highest BCUT2D eigenvalue weighted by Gasteiger charge is 2.36. The lowest BCUT2D eigenvalue weighted by Gasteiger charge is -2.29. The number of amides is 1. The molecule has 2 aromatic carbocycles. The molecule has 0 fully saturated rings. The second-order valence-electron chi connectivity index (χ2n) is 8.02. The van der Waals surface area contributed by atoms with Crippen LogP contribution in [0, 0.1) is 0 Å². The van der Waals surface area contributed by atoms with Crippen molar-refractivity contribution in [3.05, 3.63) is 53.2 Å². The zero-order valence-electron chi connectivity index (χ0n) is 20.0. The van der Waals surface area contributed by atoms with Crippen molar-refractivity contribution in [2.45, 2.75) is 13.0 Å². The smallest absolute Gasteiger partial charge is 0.248 e. The summed E-state index contributed by atoms with van der Waals surface area (Å²) in [5, 5.41) is 7.92. The summed E-state index contributed by atoms with van der Waals surface area (Å²) >= 11 is 0. The van der Waals surface area contributed by atoms with E-state index in [9.17, 15) is 4.79 Å². The van der Waals surface area contributed by atoms with Crippen molar-refractivity contribution in [1.82, 2.24) is 14.8 Å². The topological polar surface area (TPSA) is 117 Å². The number of anilines is 2. The largest absolute Gasteiger partial charge is 0.496 e. The quantitative estimate of drug-likeness (QED) is 0.548. The van der Waals surface area contributed by atoms with Gasteiger partial charge in [0.05, 0.1) is 26.9 Å². The number of carbonyl (C=O) groups is 1. The van der Waals surface area contributed by atoms with E-state index in [-0.39, 0.29) is 0 Å². The first-order valence-corrected chi connectivity index (χ1v) is 10.6. The number of carbonyl (C=O) groups excluding carboxylic acids is 1. The first-order valence-electron chi connectivity index (χ1n) is 10.6. The number of nitrogens with zero attached hydrogens (tertiary/aromatic N) is 4. The molecule has 3 aromatic rings. The normalized spacial score (nSPS) is 14.8. The zero-order valence-corrected chi connectivity index (χ0v) is 20.0. The highest BCUT2D eigenvalue weighted by Crippen LogP contribution is 2.44. The van der Waals surface area contributed by atoms with Crippen LogP contribution in [0.25, 0.3) is 11.4 Å². The molecule has 0 aliphatic carbocycles. The third-order valence-electron chi connectivity index (χ3n) is 5.79. The Morgan fingerprint density at radius 3 is 2.21 bits per heavy atom. The van der Waals surface area contributed by atoms with Crippen LogP contribution in [0.1, 0.15) is 18.5 Å². The number of fused-ring (bicyclic) bond motifs is 1. The molecule has 1 atom stereocenters. The minimum Gasteiger partial charge on any atom is -0.496 e. The fraction of sp³-hybridized carbons (Fsp3) is 0.292. The van der Waals surface area contributed by atoms with E-state index >= 15 is 0 Å². The summed E-state index contributed by atoms with van der Waals surface area (Å²) in [4.78, 5) is 19.3. The van der Waals surface area contributed by atoms with Crippen LogP contribution in [0.4, 0.5) is 11.6 Å². The molecule has 1 unspecified atom stereocenters. The number of aromatic nitrogens is 3. The summed E-state index contributed by atoms with van der Waals surface area (Å²) in [6.45, 7) is 1.78. The van der Waals surface area contributed by atoms with E-state index in [1.165, 1.54) is 0 Å². The van der Waals surface area contributed by atoms with Gasteiger partial charge in [0, 0.05) is 42.7 Å². The van der Waals surface area contributed by atoms with Gasteiger partial charge in [0.2, 0.25) is 11.9 Å². The number of rotatable bonds is 7. The van der Waals surface area contributed by atoms with Crippen LogP contribution in [0.3, 0.4) is 0 Å². The van der Waals surface area contributed by atoms with E-state index in [0.29, 0.717) is 45.9 Å². The summed E-state index contributed by atoms with van der Waals surface area (Å²) in [6, 6.07) is 10.7. The van der Waals surface area contributed by atoms with Crippen molar-refractivity contribution in [2.75, 3.05) is 45.6 Å². The minimum atomic E-state index is -0.689. The van der Waals surface area contributed by atoms with E-state index in [4.69, 9.17) is 30.0 Å². The molecule has 178 valence electrons. The zero-order chi connectivity index (χ0) is 24.6. The van der Waals surface area contributed by atoms with Gasteiger partial charge >= 0.3 is 0 Å². The number of nitrogens with one attached hydrogen (secondary N) is 1. The monoisotopic (exact) mass is 464 g/mol. The Hall–Kier alpha value is -4.21. The van der Waals surface area contributed by atoms with Gasteiger partial charge in [-0.3, -0.25) is 4.79 Å². The van der Waals surface area contributed by atoms with E-state index in [1.807, 2.05) is 43.3 Å². The standard InChI is InChI=1S/C24H28N6O4/c1-13-20(22(25)31)21(16-11-18(33-5)19(34-6)12-17(16)32-4)30-24(26-13)27-23(28-30)14-7-9-15(10-8-14)29(2)3/h7-12,21H,1-6H3,(H2,25,31)(H,26,27,28). The first kappa shape index (κ1) is 23.0. The highest BCUT2D eigenvalue weighted by atomic mass is 16.5. The Bertz CT molecular complexity index is 1260. The van der Waals surface area contributed by atoms with Gasteiger partial charge in [-0.15, -0.1) is 5.10 Å². The molecule has 1 aromatic heterocycles. The van der Waals surface area contributed by atoms with Gasteiger partial charge < -0.3 is 30.2 Å². The van der Waals surface area contributed by atoms with Gasteiger partial charge in [-0.1, -0.05) is 0 Å². The first-order chi connectivity index (χ1) is 16.3. The van der Waals surface area contributed by atoms with Crippen molar-refractivity contribution < 1.29 is 19.0 Å². The molecule has 0 saturated heterocycles. The van der Waals surface area contributed by atoms with Crippen LogP contribution in [-0.4, -0.2) is 56.1 Å². The highest BCUT2D eigenvalue weighted by molar-refractivity contribution is 5.95. The number of primary amides is 1. The van der Waals surface area contributed by atoms with Crippen LogP contribution in [-0.2, 0) is 4.79 Å². The lowest BCUT2D eigenvalue weighted by atomic mass is 9.94. The molecular weight excluding hydrogens is 436 g/mol. The summed E-state index contributed by atoms with van der Waals surface area (Å²) < 4.78 is 18.2. The SMILES string of the molecule is COc1cc(OC)c(C2C(C(N)=O)=C(C)Nc3nc(-c4ccc(N(C)C)cc4)nn32)cc1OC. The molecule has 1 amide bonds. The van der Waals surface area contributed by atoms with Crippen LogP contribution in [0.2, 0.25) is 0 Å². The minimum absolute atomic E-state index is 0.345. The number of methoxy groups -OCH3 is 3. The van der Waals surface area contributed by atoms with E-state index < -0.39 is 11.9 Å². The second kappa shape index (κ2) is 8.97. The molecule has 3 N–H and O–H groups in total. The maximum absolute atomic E-state index is 12.6. The molecule has 34 heavy (non-hydrogen) atoms. The van der Waals surface area contributed by atoms with Crippen molar-refractivity contribution >= 4 is 17.5 Å². The Morgan fingerprint density at radius 1 is 1.03 bits per heavy atom. The summed E-state index contributed by atoms with van der Waals surface area (Å²) in [5.74, 6) is 1.89. The number of hydrogen-bond donors (Lipinski definition) is 2. The maximum Gasteiger partial charge on any atom is 0.248 e. The summed E-state index contributed by atoms with van der Waals surface area (Å²) in [6.07, 6.45) is 0. The van der Waals surface area contributed by atoms with Gasteiger partial charge in [-0.05, 0) is 37.3 Å².